The van der Waals surface area contributed by atoms with Crippen molar-refractivity contribution in [2.45, 2.75) is 39.9 Å². The highest BCUT2D eigenvalue weighted by molar-refractivity contribution is 7.98. The van der Waals surface area contributed by atoms with Gasteiger partial charge in [0.25, 0.3) is 0 Å². The fourth-order valence-corrected chi connectivity index (χ4v) is 3.89. The highest BCUT2D eigenvalue weighted by Gasteiger charge is 2.15. The summed E-state index contributed by atoms with van der Waals surface area (Å²) in [5.74, 6) is 2.58. The molecule has 2 heterocycles. The lowest BCUT2D eigenvalue weighted by Gasteiger charge is -2.10. The Morgan fingerprint density at radius 1 is 1.15 bits per heavy atom. The Kier molecular flexibility index (Phi) is 4.33. The second kappa shape index (κ2) is 5.06. The van der Waals surface area contributed by atoms with Crippen LogP contribution in [-0.4, -0.2) is 5.75 Å². The molecule has 0 aromatic carbocycles. The fraction of sp³-hybridized carbons (Fsp3) is 0.636. The van der Waals surface area contributed by atoms with E-state index in [9.17, 15) is 0 Å². The molecule has 0 spiro atoms. The molecule has 1 aromatic heterocycles. The minimum Gasteiger partial charge on any atom is -0.156 e. The number of thioether (sulfide) groups is 1. The molecule has 1 aliphatic rings. The monoisotopic (exact) mass is 214 g/mol. The van der Waals surface area contributed by atoms with E-state index in [0.29, 0.717) is 0 Å². The first kappa shape index (κ1) is 11.1. The van der Waals surface area contributed by atoms with Gasteiger partial charge in [-0.25, -0.2) is 0 Å². The zero-order chi connectivity index (χ0) is 9.84. The van der Waals surface area contributed by atoms with Gasteiger partial charge in [-0.15, -0.1) is 11.3 Å². The summed E-state index contributed by atoms with van der Waals surface area (Å²) >= 11 is 4.07. The van der Waals surface area contributed by atoms with Crippen LogP contribution >= 0.6 is 23.1 Å². The maximum atomic E-state index is 2.26. The van der Waals surface area contributed by atoms with Gasteiger partial charge in [-0.2, -0.15) is 11.8 Å². The van der Waals surface area contributed by atoms with E-state index in [1.165, 1.54) is 22.8 Å². The van der Waals surface area contributed by atoms with Gasteiger partial charge >= 0.3 is 0 Å². The Morgan fingerprint density at radius 3 is 2.46 bits per heavy atom. The van der Waals surface area contributed by atoms with Crippen LogP contribution in [0.5, 0.6) is 0 Å². The molecule has 0 unspecified atom stereocenters. The minimum absolute atomic E-state index is 1.26. The molecule has 0 saturated carbocycles. The second-order valence-electron chi connectivity index (χ2n) is 2.99. The molecule has 0 fully saturated rings. The predicted molar refractivity (Wildman–Crippen MR) is 65.0 cm³/mol. The highest BCUT2D eigenvalue weighted by atomic mass is 32.2. The molecule has 0 nitrogen and oxygen atoms in total. The van der Waals surface area contributed by atoms with Gasteiger partial charge in [0.2, 0.25) is 0 Å². The maximum absolute atomic E-state index is 2.26. The van der Waals surface area contributed by atoms with Gasteiger partial charge in [0.1, 0.15) is 0 Å². The summed E-state index contributed by atoms with van der Waals surface area (Å²) in [4.78, 5) is 3.16. The molecule has 0 radical (unpaired) electrons. The van der Waals surface area contributed by atoms with Crippen LogP contribution in [0.25, 0.3) is 0 Å². The van der Waals surface area contributed by atoms with E-state index in [0.717, 1.165) is 0 Å². The normalized spacial score (nSPS) is 14.5. The Balaban J connectivity index is 0.000000396. The molecule has 1 aliphatic heterocycles. The first-order valence-electron chi connectivity index (χ1n) is 4.94. The smallest absolute Gasteiger partial charge is 0.0282 e. The lowest BCUT2D eigenvalue weighted by atomic mass is 10.1. The number of aryl methyl sites for hydroxylation is 1. The summed E-state index contributed by atoms with van der Waals surface area (Å²) in [5, 5.41) is 0. The summed E-state index contributed by atoms with van der Waals surface area (Å²) in [5.41, 5.74) is 3.22. The molecular formula is C11H18S2. The molecule has 0 N–H and O–H groups in total. The highest BCUT2D eigenvalue weighted by Crippen LogP contribution is 2.34. The van der Waals surface area contributed by atoms with Crippen LogP contribution in [0.15, 0.2) is 0 Å². The standard InChI is InChI=1S/C9H12S2.C2H6/c1-6-7(2)11-9-5-10-4-3-8(6)9;1-2/h3-5H2,1-2H3;1-2H3. The van der Waals surface area contributed by atoms with Crippen LogP contribution in [0.2, 0.25) is 0 Å². The molecule has 74 valence electrons. The Labute approximate surface area is 89.7 Å². The first-order chi connectivity index (χ1) is 6.29. The van der Waals surface area contributed by atoms with Crippen molar-refractivity contribution < 1.29 is 0 Å². The van der Waals surface area contributed by atoms with Crippen molar-refractivity contribution in [1.29, 1.82) is 0 Å². The maximum Gasteiger partial charge on any atom is 0.0282 e. The molecular weight excluding hydrogens is 196 g/mol. The van der Waals surface area contributed by atoms with Gasteiger partial charge in [-0.1, -0.05) is 13.8 Å². The summed E-state index contributed by atoms with van der Waals surface area (Å²) in [6.45, 7) is 8.50. The summed E-state index contributed by atoms with van der Waals surface area (Å²) in [6, 6.07) is 0. The minimum atomic E-state index is 1.26. The van der Waals surface area contributed by atoms with Gasteiger partial charge in [0.05, 0.1) is 0 Å². The largest absolute Gasteiger partial charge is 0.156 e. The molecule has 0 atom stereocenters. The van der Waals surface area contributed by atoms with Gasteiger partial charge in [-0.3, -0.25) is 0 Å². The van der Waals surface area contributed by atoms with E-state index in [-0.39, 0.29) is 0 Å². The van der Waals surface area contributed by atoms with Crippen molar-refractivity contribution in [3.8, 4) is 0 Å². The first-order valence-corrected chi connectivity index (χ1v) is 6.91. The Morgan fingerprint density at radius 2 is 1.85 bits per heavy atom. The van der Waals surface area contributed by atoms with Crippen LogP contribution in [0.1, 0.15) is 34.7 Å². The zero-order valence-corrected chi connectivity index (χ0v) is 10.6. The lowest BCUT2D eigenvalue weighted by Crippen LogP contribution is -1.99. The third-order valence-corrected chi connectivity index (χ3v) is 4.74. The molecule has 0 aliphatic carbocycles. The van der Waals surface area contributed by atoms with E-state index >= 15 is 0 Å². The summed E-state index contributed by atoms with van der Waals surface area (Å²) < 4.78 is 0. The van der Waals surface area contributed by atoms with Crippen molar-refractivity contribution in [3.05, 3.63) is 20.9 Å². The van der Waals surface area contributed by atoms with Crippen molar-refractivity contribution in [1.82, 2.24) is 0 Å². The van der Waals surface area contributed by atoms with Gasteiger partial charge in [0.15, 0.2) is 0 Å². The number of thiophene rings is 1. The van der Waals surface area contributed by atoms with Crippen LogP contribution < -0.4 is 0 Å². The van der Waals surface area contributed by atoms with Crippen LogP contribution in [0, 0.1) is 13.8 Å². The molecule has 0 saturated heterocycles. The molecule has 0 amide bonds. The zero-order valence-electron chi connectivity index (χ0n) is 8.94. The number of fused-ring (bicyclic) bond motifs is 1. The van der Waals surface area contributed by atoms with E-state index in [1.807, 2.05) is 25.2 Å². The number of hydrogen-bond donors (Lipinski definition) is 0. The second-order valence-corrected chi connectivity index (χ2v) is 5.40. The van der Waals surface area contributed by atoms with Crippen LogP contribution in [-0.2, 0) is 12.2 Å². The molecule has 2 rings (SSSR count). The van der Waals surface area contributed by atoms with Crippen molar-refractivity contribution >= 4 is 23.1 Å². The number of rotatable bonds is 0. The van der Waals surface area contributed by atoms with Crippen LogP contribution in [0.4, 0.5) is 0 Å². The molecule has 13 heavy (non-hydrogen) atoms. The van der Waals surface area contributed by atoms with Crippen molar-refractivity contribution in [2.24, 2.45) is 0 Å². The molecule has 2 heteroatoms. The average molecular weight is 214 g/mol. The van der Waals surface area contributed by atoms with Crippen molar-refractivity contribution in [2.75, 3.05) is 5.75 Å². The summed E-state index contributed by atoms with van der Waals surface area (Å²) in [6.07, 6.45) is 1.30. The Bertz CT molecular complexity index is 274. The third-order valence-electron chi connectivity index (χ3n) is 2.32. The van der Waals surface area contributed by atoms with E-state index < -0.39 is 0 Å². The van der Waals surface area contributed by atoms with Gasteiger partial charge in [-0.05, 0) is 37.1 Å². The van der Waals surface area contributed by atoms with E-state index in [4.69, 9.17) is 0 Å². The van der Waals surface area contributed by atoms with Crippen molar-refractivity contribution in [3.63, 3.8) is 0 Å². The third kappa shape index (κ3) is 2.29. The quantitative estimate of drug-likeness (QED) is 0.624. The van der Waals surface area contributed by atoms with E-state index in [2.05, 4.69) is 25.6 Å². The SMILES string of the molecule is CC.Cc1sc2c(c1C)CCSC2. The van der Waals surface area contributed by atoms with Crippen LogP contribution in [0.3, 0.4) is 0 Å². The van der Waals surface area contributed by atoms with Gasteiger partial charge in [0, 0.05) is 15.5 Å². The fourth-order valence-electron chi connectivity index (χ4n) is 1.53. The topological polar surface area (TPSA) is 0 Å². The molecule has 1 aromatic rings. The lowest BCUT2D eigenvalue weighted by molar-refractivity contribution is 1.09. The van der Waals surface area contributed by atoms with E-state index in [1.54, 1.807) is 16.0 Å². The Hall–Kier alpha value is 0.0500. The molecule has 0 bridgehead atoms. The van der Waals surface area contributed by atoms with Gasteiger partial charge < -0.3 is 0 Å². The average Bonchev–Trinajstić information content (AvgIpc) is 2.47. The summed E-state index contributed by atoms with van der Waals surface area (Å²) in [7, 11) is 0. The number of hydrogen-bond acceptors (Lipinski definition) is 2. The predicted octanol–water partition coefficient (Wildman–Crippen LogP) is 4.18.